The quantitative estimate of drug-likeness (QED) is 0.0199. The molecule has 1 atom stereocenters. The molecule has 0 N–H and O–H groups in total. The molecule has 1 unspecified atom stereocenters. The van der Waals surface area contributed by atoms with Gasteiger partial charge in [0.25, 0.3) is 0 Å². The zero-order chi connectivity index (χ0) is 49.3. The Balaban J connectivity index is 4.39. The van der Waals surface area contributed by atoms with E-state index in [4.69, 9.17) is 14.2 Å². The first-order valence-electron chi connectivity index (χ1n) is 28.6. The Morgan fingerprint density at radius 3 is 1.06 bits per heavy atom. The Morgan fingerprint density at radius 1 is 0.324 bits per heavy atom. The molecule has 0 saturated carbocycles. The maximum Gasteiger partial charge on any atom is 0.306 e. The van der Waals surface area contributed by atoms with Gasteiger partial charge in [-0.15, -0.1) is 0 Å². The number of hydrogen-bond acceptors (Lipinski definition) is 6. The second-order valence-corrected chi connectivity index (χ2v) is 18.9. The minimum Gasteiger partial charge on any atom is -0.462 e. The highest BCUT2D eigenvalue weighted by atomic mass is 16.6. The normalized spacial score (nSPS) is 12.7. The molecule has 68 heavy (non-hydrogen) atoms. The summed E-state index contributed by atoms with van der Waals surface area (Å²) in [6.45, 7) is 6.39. The predicted molar refractivity (Wildman–Crippen MR) is 293 cm³/mol. The highest BCUT2D eigenvalue weighted by molar-refractivity contribution is 5.71. The molecule has 390 valence electrons. The molecule has 0 aliphatic carbocycles. The van der Waals surface area contributed by atoms with Gasteiger partial charge in [0, 0.05) is 19.3 Å². The number of hydrogen-bond donors (Lipinski definition) is 0. The van der Waals surface area contributed by atoms with Crippen molar-refractivity contribution in [1.29, 1.82) is 0 Å². The monoisotopic (exact) mass is 947 g/mol. The van der Waals surface area contributed by atoms with Crippen molar-refractivity contribution in [3.8, 4) is 0 Å². The summed E-state index contributed by atoms with van der Waals surface area (Å²) in [5.74, 6) is -0.915. The first-order valence-corrected chi connectivity index (χ1v) is 28.6. The van der Waals surface area contributed by atoms with Gasteiger partial charge in [0.2, 0.25) is 0 Å². The molecule has 0 heterocycles. The highest BCUT2D eigenvalue weighted by Gasteiger charge is 2.19. The minimum atomic E-state index is -0.790. The zero-order valence-electron chi connectivity index (χ0n) is 44.6. The standard InChI is InChI=1S/C62H106O6/c1-4-7-10-13-16-19-22-25-27-29-31-33-34-37-40-43-46-49-52-55-61(64)67-58-59(57-66-60(63)54-51-48-45-42-39-36-24-21-18-15-12-9-6-3)68-62(65)56-53-50-47-44-41-38-35-32-30-28-26-23-20-17-14-11-8-5-2/h7,9-10,12,15-16,18-19,21,24-25,27,31,33,59H,4-6,8,11,13-14,17,20,22-23,26,28-30,32,34-58H2,1-3H3/b10-7-,12-9-,18-15-,19-16-,24-21-,27-25-,33-31-. The van der Waals surface area contributed by atoms with E-state index in [1.807, 2.05) is 0 Å². The van der Waals surface area contributed by atoms with Crippen LogP contribution >= 0.6 is 0 Å². The maximum absolute atomic E-state index is 12.9. The van der Waals surface area contributed by atoms with E-state index in [9.17, 15) is 14.4 Å². The molecule has 0 aromatic carbocycles. The zero-order valence-corrected chi connectivity index (χ0v) is 44.6. The van der Waals surface area contributed by atoms with Gasteiger partial charge < -0.3 is 14.2 Å². The summed E-state index contributed by atoms with van der Waals surface area (Å²) < 4.78 is 16.8. The summed E-state index contributed by atoms with van der Waals surface area (Å²) in [7, 11) is 0. The van der Waals surface area contributed by atoms with E-state index >= 15 is 0 Å². The van der Waals surface area contributed by atoms with Gasteiger partial charge in [-0.2, -0.15) is 0 Å². The maximum atomic E-state index is 12.9. The lowest BCUT2D eigenvalue weighted by atomic mass is 10.0. The molecule has 0 amide bonds. The molecule has 0 spiro atoms. The van der Waals surface area contributed by atoms with Crippen molar-refractivity contribution in [3.63, 3.8) is 0 Å². The lowest BCUT2D eigenvalue weighted by Gasteiger charge is -2.18. The summed E-state index contributed by atoms with van der Waals surface area (Å²) in [5.41, 5.74) is 0. The molecule has 0 fully saturated rings. The van der Waals surface area contributed by atoms with Crippen molar-refractivity contribution in [2.45, 2.75) is 277 Å². The van der Waals surface area contributed by atoms with Crippen LogP contribution in [0.15, 0.2) is 85.1 Å². The Morgan fingerprint density at radius 2 is 0.647 bits per heavy atom. The van der Waals surface area contributed by atoms with Gasteiger partial charge >= 0.3 is 17.9 Å². The van der Waals surface area contributed by atoms with E-state index in [0.717, 1.165) is 116 Å². The van der Waals surface area contributed by atoms with Crippen LogP contribution in [0.5, 0.6) is 0 Å². The van der Waals surface area contributed by atoms with Crippen molar-refractivity contribution < 1.29 is 28.6 Å². The summed E-state index contributed by atoms with van der Waals surface area (Å²) in [5, 5.41) is 0. The fraction of sp³-hybridized carbons (Fsp3) is 0.726. The van der Waals surface area contributed by atoms with E-state index in [-0.39, 0.29) is 31.1 Å². The van der Waals surface area contributed by atoms with Gasteiger partial charge in [-0.05, 0) is 77.0 Å². The number of carbonyl (C=O) groups excluding carboxylic acids is 3. The van der Waals surface area contributed by atoms with E-state index in [1.165, 1.54) is 116 Å². The van der Waals surface area contributed by atoms with Gasteiger partial charge in [0.1, 0.15) is 13.2 Å². The molecule has 6 nitrogen and oxygen atoms in total. The van der Waals surface area contributed by atoms with Gasteiger partial charge in [0.15, 0.2) is 6.10 Å². The van der Waals surface area contributed by atoms with Crippen LogP contribution in [-0.2, 0) is 28.6 Å². The lowest BCUT2D eigenvalue weighted by Crippen LogP contribution is -2.30. The summed E-state index contributed by atoms with van der Waals surface area (Å²) in [6, 6.07) is 0. The van der Waals surface area contributed by atoms with Gasteiger partial charge in [-0.25, -0.2) is 0 Å². The van der Waals surface area contributed by atoms with E-state index < -0.39 is 6.10 Å². The summed E-state index contributed by atoms with van der Waals surface area (Å²) in [6.07, 6.45) is 72.9. The van der Waals surface area contributed by atoms with Crippen LogP contribution < -0.4 is 0 Å². The third-order valence-electron chi connectivity index (χ3n) is 12.2. The Kier molecular flexibility index (Phi) is 53.4. The molecule has 0 saturated heterocycles. The Labute approximate surface area is 420 Å². The van der Waals surface area contributed by atoms with Crippen LogP contribution in [0.3, 0.4) is 0 Å². The van der Waals surface area contributed by atoms with Crippen LogP contribution in [-0.4, -0.2) is 37.2 Å². The van der Waals surface area contributed by atoms with E-state index in [0.29, 0.717) is 19.3 Å². The number of esters is 3. The first kappa shape index (κ1) is 64.6. The summed E-state index contributed by atoms with van der Waals surface area (Å²) >= 11 is 0. The van der Waals surface area contributed by atoms with Crippen molar-refractivity contribution in [2.75, 3.05) is 13.2 Å². The first-order chi connectivity index (χ1) is 33.5. The smallest absolute Gasteiger partial charge is 0.306 e. The fourth-order valence-electron chi connectivity index (χ4n) is 7.96. The number of allylic oxidation sites excluding steroid dienone is 14. The molecule has 0 rings (SSSR count). The van der Waals surface area contributed by atoms with E-state index in [2.05, 4.69) is 106 Å². The number of unbranched alkanes of at least 4 members (excludes halogenated alkanes) is 28. The van der Waals surface area contributed by atoms with E-state index in [1.54, 1.807) is 0 Å². The average Bonchev–Trinajstić information content (AvgIpc) is 3.34. The largest absolute Gasteiger partial charge is 0.462 e. The topological polar surface area (TPSA) is 78.9 Å². The van der Waals surface area contributed by atoms with Crippen molar-refractivity contribution in [1.82, 2.24) is 0 Å². The molecule has 0 bridgehead atoms. The van der Waals surface area contributed by atoms with Crippen LogP contribution in [0.25, 0.3) is 0 Å². The fourth-order valence-corrected chi connectivity index (χ4v) is 7.96. The van der Waals surface area contributed by atoms with Crippen LogP contribution in [0, 0.1) is 0 Å². The molecule has 6 heteroatoms. The molecule has 0 aromatic rings. The predicted octanol–water partition coefficient (Wildman–Crippen LogP) is 19.2. The van der Waals surface area contributed by atoms with Crippen molar-refractivity contribution in [3.05, 3.63) is 85.1 Å². The van der Waals surface area contributed by atoms with Gasteiger partial charge in [0.05, 0.1) is 0 Å². The molecule has 0 aliphatic heterocycles. The molecular formula is C62H106O6. The van der Waals surface area contributed by atoms with Crippen LogP contribution in [0.4, 0.5) is 0 Å². The van der Waals surface area contributed by atoms with Crippen LogP contribution in [0.2, 0.25) is 0 Å². The lowest BCUT2D eigenvalue weighted by molar-refractivity contribution is -0.167. The second kappa shape index (κ2) is 56.2. The molecule has 0 aliphatic rings. The minimum absolute atomic E-state index is 0.0893. The number of rotatable bonds is 51. The Hall–Kier alpha value is -3.41. The summed E-state index contributed by atoms with van der Waals surface area (Å²) in [4.78, 5) is 38.1. The van der Waals surface area contributed by atoms with Crippen molar-refractivity contribution >= 4 is 17.9 Å². The molecular weight excluding hydrogens is 841 g/mol. The third kappa shape index (κ3) is 53.5. The van der Waals surface area contributed by atoms with Crippen molar-refractivity contribution in [2.24, 2.45) is 0 Å². The van der Waals surface area contributed by atoms with Gasteiger partial charge in [-0.3, -0.25) is 14.4 Å². The SMILES string of the molecule is CC\C=C/C=C\C=C/CCCCCCCC(=O)OCC(COC(=O)CCCCCCCC/C=C\C/C=C\C/C=C\C/C=C\CC)OC(=O)CCCCCCCCCCCCCCCCCCCC. The second-order valence-electron chi connectivity index (χ2n) is 18.9. The number of ether oxygens (including phenoxy) is 3. The molecule has 0 aromatic heterocycles. The molecule has 0 radical (unpaired) electrons. The third-order valence-corrected chi connectivity index (χ3v) is 12.2. The van der Waals surface area contributed by atoms with Crippen LogP contribution in [0.1, 0.15) is 271 Å². The van der Waals surface area contributed by atoms with Gasteiger partial charge in [-0.1, -0.05) is 260 Å². The number of carbonyl (C=O) groups is 3. The average molecular weight is 948 g/mol. The highest BCUT2D eigenvalue weighted by Crippen LogP contribution is 2.16. The Bertz CT molecular complexity index is 1320.